The molecule has 0 heterocycles. The predicted molar refractivity (Wildman–Crippen MR) is 80.9 cm³/mol. The third kappa shape index (κ3) is 6.59. The van der Waals surface area contributed by atoms with Gasteiger partial charge in [-0.15, -0.1) is 0 Å². The van der Waals surface area contributed by atoms with Crippen LogP contribution in [0, 0.1) is 5.92 Å². The molecule has 0 aliphatic rings. The van der Waals surface area contributed by atoms with Crippen LogP contribution >= 0.6 is 0 Å². The Morgan fingerprint density at radius 2 is 1.95 bits per heavy atom. The van der Waals surface area contributed by atoms with Crippen molar-refractivity contribution in [2.24, 2.45) is 11.7 Å². The lowest BCUT2D eigenvalue weighted by Gasteiger charge is -2.10. The summed E-state index contributed by atoms with van der Waals surface area (Å²) in [5.41, 5.74) is 5.46. The van der Waals surface area contributed by atoms with E-state index in [0.29, 0.717) is 18.8 Å². The van der Waals surface area contributed by atoms with E-state index in [-0.39, 0.29) is 29.7 Å². The Morgan fingerprint density at radius 1 is 1.33 bits per heavy atom. The summed E-state index contributed by atoms with van der Waals surface area (Å²) in [5, 5.41) is 2.77. The Labute approximate surface area is 125 Å². The van der Waals surface area contributed by atoms with Crippen molar-refractivity contribution in [1.29, 1.82) is 0 Å². The number of carbonyl (C=O) groups is 1. The molecule has 7 heteroatoms. The molecule has 0 aromatic heterocycles. The van der Waals surface area contributed by atoms with Crippen LogP contribution in [0.5, 0.6) is 5.75 Å². The highest BCUT2D eigenvalue weighted by Crippen LogP contribution is 2.15. The van der Waals surface area contributed by atoms with Gasteiger partial charge in [-0.3, -0.25) is 4.79 Å². The Morgan fingerprint density at radius 3 is 2.48 bits per heavy atom. The number of amides is 1. The van der Waals surface area contributed by atoms with E-state index < -0.39 is 9.84 Å². The van der Waals surface area contributed by atoms with Crippen LogP contribution in [0.15, 0.2) is 29.2 Å². The van der Waals surface area contributed by atoms with Crippen LogP contribution in [0.25, 0.3) is 0 Å². The van der Waals surface area contributed by atoms with Gasteiger partial charge in [0.05, 0.1) is 17.9 Å². The summed E-state index contributed by atoms with van der Waals surface area (Å²) < 4.78 is 28.0. The Hall–Kier alpha value is -1.60. The molecule has 0 spiro atoms. The Balaban J connectivity index is 2.34. The highest BCUT2D eigenvalue weighted by Gasteiger charge is 2.07. The number of hydrogen-bond donors (Lipinski definition) is 2. The highest BCUT2D eigenvalue weighted by molar-refractivity contribution is 7.90. The zero-order valence-corrected chi connectivity index (χ0v) is 13.2. The molecular weight excluding hydrogens is 292 g/mol. The maximum atomic E-state index is 11.5. The van der Waals surface area contributed by atoms with Crippen LogP contribution in [0.2, 0.25) is 0 Å². The predicted octanol–water partition coefficient (Wildman–Crippen LogP) is 0.570. The molecule has 1 amide bonds. The summed E-state index contributed by atoms with van der Waals surface area (Å²) in [5.74, 6) is 0.687. The van der Waals surface area contributed by atoms with Gasteiger partial charge in [-0.2, -0.15) is 0 Å². The van der Waals surface area contributed by atoms with Crippen molar-refractivity contribution in [2.75, 3.05) is 26.0 Å². The minimum absolute atomic E-state index is 0.0944. The van der Waals surface area contributed by atoms with Gasteiger partial charge in [0.2, 0.25) is 5.91 Å². The minimum Gasteiger partial charge on any atom is -0.493 e. The normalized spacial score (nSPS) is 12.7. The van der Waals surface area contributed by atoms with Gasteiger partial charge in [-0.25, -0.2) is 8.42 Å². The second-order valence-electron chi connectivity index (χ2n) is 4.99. The zero-order valence-electron chi connectivity index (χ0n) is 12.3. The highest BCUT2D eigenvalue weighted by atomic mass is 32.2. The van der Waals surface area contributed by atoms with Crippen LogP contribution < -0.4 is 15.8 Å². The molecule has 1 atom stereocenters. The van der Waals surface area contributed by atoms with Crippen molar-refractivity contribution in [2.45, 2.75) is 18.2 Å². The van der Waals surface area contributed by atoms with Crippen LogP contribution in [0.4, 0.5) is 0 Å². The average molecular weight is 314 g/mol. The maximum absolute atomic E-state index is 11.5. The van der Waals surface area contributed by atoms with Crippen molar-refractivity contribution < 1.29 is 17.9 Å². The summed E-state index contributed by atoms with van der Waals surface area (Å²) in [6.07, 6.45) is 1.39. The van der Waals surface area contributed by atoms with E-state index in [0.717, 1.165) is 6.26 Å². The van der Waals surface area contributed by atoms with Crippen LogP contribution in [0.1, 0.15) is 13.3 Å². The second-order valence-corrected chi connectivity index (χ2v) is 7.00. The van der Waals surface area contributed by atoms with E-state index in [9.17, 15) is 13.2 Å². The van der Waals surface area contributed by atoms with Gasteiger partial charge < -0.3 is 15.8 Å². The average Bonchev–Trinajstić information content (AvgIpc) is 2.44. The van der Waals surface area contributed by atoms with E-state index in [1.807, 2.05) is 6.92 Å². The molecule has 1 rings (SSSR count). The van der Waals surface area contributed by atoms with Crippen LogP contribution in [0.3, 0.4) is 0 Å². The quantitative estimate of drug-likeness (QED) is 0.731. The van der Waals surface area contributed by atoms with Gasteiger partial charge >= 0.3 is 0 Å². The molecule has 1 aromatic carbocycles. The van der Waals surface area contributed by atoms with Gasteiger partial charge in [0.15, 0.2) is 9.84 Å². The van der Waals surface area contributed by atoms with E-state index in [1.54, 1.807) is 12.1 Å². The summed E-state index contributed by atoms with van der Waals surface area (Å²) in [7, 11) is -3.20. The lowest BCUT2D eigenvalue weighted by molar-refractivity contribution is -0.121. The van der Waals surface area contributed by atoms with Gasteiger partial charge in [-0.05, 0) is 36.7 Å². The molecule has 0 fully saturated rings. The van der Waals surface area contributed by atoms with Gasteiger partial charge in [0, 0.05) is 12.8 Å². The molecule has 0 saturated carbocycles. The number of ether oxygens (including phenoxy) is 1. The molecule has 0 aliphatic heterocycles. The van der Waals surface area contributed by atoms with E-state index in [4.69, 9.17) is 10.5 Å². The first kappa shape index (κ1) is 17.5. The van der Waals surface area contributed by atoms with Crippen molar-refractivity contribution in [3.05, 3.63) is 24.3 Å². The van der Waals surface area contributed by atoms with E-state index >= 15 is 0 Å². The third-order valence-corrected chi connectivity index (χ3v) is 4.03. The molecule has 6 nitrogen and oxygen atoms in total. The first-order valence-electron chi connectivity index (χ1n) is 6.72. The molecule has 0 saturated heterocycles. The first-order valence-corrected chi connectivity index (χ1v) is 8.61. The Kier molecular flexibility index (Phi) is 6.64. The zero-order chi connectivity index (χ0) is 15.9. The maximum Gasteiger partial charge on any atom is 0.223 e. The fourth-order valence-corrected chi connectivity index (χ4v) is 2.13. The molecule has 1 unspecified atom stereocenters. The monoisotopic (exact) mass is 314 g/mol. The van der Waals surface area contributed by atoms with Crippen molar-refractivity contribution in [3.8, 4) is 5.75 Å². The summed E-state index contributed by atoms with van der Waals surface area (Å²) in [6.45, 7) is 3.28. The van der Waals surface area contributed by atoms with E-state index in [2.05, 4.69) is 5.32 Å². The van der Waals surface area contributed by atoms with Crippen molar-refractivity contribution in [3.63, 3.8) is 0 Å². The molecule has 0 aliphatic carbocycles. The minimum atomic E-state index is -3.20. The molecule has 0 radical (unpaired) electrons. The summed E-state index contributed by atoms with van der Waals surface area (Å²) in [6, 6.07) is 6.11. The largest absolute Gasteiger partial charge is 0.493 e. The summed E-state index contributed by atoms with van der Waals surface area (Å²) >= 11 is 0. The van der Waals surface area contributed by atoms with Gasteiger partial charge in [0.1, 0.15) is 5.75 Å². The molecule has 1 aromatic rings. The molecule has 21 heavy (non-hydrogen) atoms. The van der Waals surface area contributed by atoms with Gasteiger partial charge in [-0.1, -0.05) is 6.92 Å². The molecule has 0 bridgehead atoms. The van der Waals surface area contributed by atoms with Gasteiger partial charge in [0.25, 0.3) is 0 Å². The molecule has 3 N–H and O–H groups in total. The smallest absolute Gasteiger partial charge is 0.223 e. The van der Waals surface area contributed by atoms with Crippen molar-refractivity contribution >= 4 is 15.7 Å². The number of nitrogens with two attached hydrogens (primary N) is 1. The summed E-state index contributed by atoms with van der Waals surface area (Å²) in [4.78, 5) is 11.8. The molecule has 118 valence electrons. The molecular formula is C14H22N2O4S. The standard InChI is InChI=1S/C14H22N2O4S/c1-11(9-15)10-16-14(17)7-8-20-12-3-5-13(6-4-12)21(2,18)19/h3-6,11H,7-10,15H2,1-2H3,(H,16,17). The fraction of sp³-hybridized carbons (Fsp3) is 0.500. The number of sulfone groups is 1. The number of hydrogen-bond acceptors (Lipinski definition) is 5. The second kappa shape index (κ2) is 7.99. The number of rotatable bonds is 8. The van der Waals surface area contributed by atoms with E-state index in [1.165, 1.54) is 12.1 Å². The number of benzene rings is 1. The topological polar surface area (TPSA) is 98.5 Å². The fourth-order valence-electron chi connectivity index (χ4n) is 1.50. The number of carbonyl (C=O) groups excluding carboxylic acids is 1. The lowest BCUT2D eigenvalue weighted by Crippen LogP contribution is -2.31. The van der Waals surface area contributed by atoms with Crippen LogP contribution in [-0.2, 0) is 14.6 Å². The van der Waals surface area contributed by atoms with Crippen LogP contribution in [-0.4, -0.2) is 40.3 Å². The SMILES string of the molecule is CC(CN)CNC(=O)CCOc1ccc(S(C)(=O)=O)cc1. The van der Waals surface area contributed by atoms with Crippen molar-refractivity contribution in [1.82, 2.24) is 5.32 Å². The first-order chi connectivity index (χ1) is 9.82. The lowest BCUT2D eigenvalue weighted by atomic mass is 10.2. The third-order valence-electron chi connectivity index (χ3n) is 2.90. The number of nitrogens with one attached hydrogen (secondary N) is 1. The Bertz CT molecular complexity index is 555.